The molecule has 2 aromatic carbocycles. The lowest BCUT2D eigenvalue weighted by molar-refractivity contribution is 0.112. The van der Waals surface area contributed by atoms with Gasteiger partial charge in [0, 0.05) is 5.56 Å². The summed E-state index contributed by atoms with van der Waals surface area (Å²) < 4.78 is 19.6. The fourth-order valence-corrected chi connectivity index (χ4v) is 2.06. The van der Waals surface area contributed by atoms with Gasteiger partial charge in [0.15, 0.2) is 17.9 Å². The molecule has 92 valence electrons. The van der Waals surface area contributed by atoms with Gasteiger partial charge in [-0.15, -0.1) is 0 Å². The van der Waals surface area contributed by atoms with Gasteiger partial charge in [-0.1, -0.05) is 30.3 Å². The standard InChI is InChI=1S/C14H10FIO2/c15-13-12(7-6-11(8-17)14(13)16)18-9-10-4-2-1-3-5-10/h1-8H,9H2. The van der Waals surface area contributed by atoms with Crippen LogP contribution in [0.3, 0.4) is 0 Å². The SMILES string of the molecule is O=Cc1ccc(OCc2ccccc2)c(F)c1I. The molecule has 0 radical (unpaired) electrons. The van der Waals surface area contributed by atoms with Crippen LogP contribution in [-0.4, -0.2) is 6.29 Å². The molecule has 0 aromatic heterocycles. The number of hydrogen-bond donors (Lipinski definition) is 0. The number of ether oxygens (including phenoxy) is 1. The molecule has 2 aromatic rings. The average molecular weight is 356 g/mol. The van der Waals surface area contributed by atoms with Crippen LogP contribution < -0.4 is 4.74 Å². The topological polar surface area (TPSA) is 26.3 Å². The van der Waals surface area contributed by atoms with Crippen LogP contribution in [0.25, 0.3) is 0 Å². The van der Waals surface area contributed by atoms with Gasteiger partial charge in [-0.05, 0) is 40.3 Å². The molecule has 4 heteroatoms. The Morgan fingerprint density at radius 3 is 2.56 bits per heavy atom. The largest absolute Gasteiger partial charge is 0.486 e. The third-order valence-electron chi connectivity index (χ3n) is 2.44. The summed E-state index contributed by atoms with van der Waals surface area (Å²) in [7, 11) is 0. The van der Waals surface area contributed by atoms with Crippen LogP contribution >= 0.6 is 22.6 Å². The van der Waals surface area contributed by atoms with E-state index < -0.39 is 5.82 Å². The molecule has 0 aliphatic rings. The minimum absolute atomic E-state index is 0.161. The number of aldehydes is 1. The van der Waals surface area contributed by atoms with Crippen molar-refractivity contribution in [3.63, 3.8) is 0 Å². The van der Waals surface area contributed by atoms with Crippen LogP contribution in [-0.2, 0) is 6.61 Å². The summed E-state index contributed by atoms with van der Waals surface area (Å²) in [6.07, 6.45) is 0.631. The molecule has 0 saturated heterocycles. The Morgan fingerprint density at radius 2 is 1.89 bits per heavy atom. The molecule has 0 bridgehead atoms. The molecular formula is C14H10FIO2. The molecule has 0 atom stereocenters. The van der Waals surface area contributed by atoms with Gasteiger partial charge in [-0.25, -0.2) is 4.39 Å². The minimum atomic E-state index is -0.490. The number of benzene rings is 2. The van der Waals surface area contributed by atoms with Crippen LogP contribution in [0.15, 0.2) is 42.5 Å². The van der Waals surface area contributed by atoms with Gasteiger partial charge in [0.2, 0.25) is 0 Å². The van der Waals surface area contributed by atoms with E-state index in [-0.39, 0.29) is 9.32 Å². The highest BCUT2D eigenvalue weighted by Crippen LogP contribution is 2.25. The summed E-state index contributed by atoms with van der Waals surface area (Å²) in [4.78, 5) is 10.7. The number of carbonyl (C=O) groups excluding carboxylic acids is 1. The number of hydrogen-bond acceptors (Lipinski definition) is 2. The van der Waals surface area contributed by atoms with E-state index in [1.165, 1.54) is 6.07 Å². The van der Waals surface area contributed by atoms with E-state index in [0.29, 0.717) is 18.5 Å². The van der Waals surface area contributed by atoms with Gasteiger partial charge in [-0.3, -0.25) is 4.79 Å². The van der Waals surface area contributed by atoms with Gasteiger partial charge in [-0.2, -0.15) is 0 Å². The Kier molecular flexibility index (Phi) is 4.30. The first-order valence-corrected chi connectivity index (χ1v) is 6.40. The molecular weight excluding hydrogens is 346 g/mol. The molecule has 0 saturated carbocycles. The van der Waals surface area contributed by atoms with Crippen molar-refractivity contribution >= 4 is 28.9 Å². The molecule has 0 heterocycles. The summed E-state index contributed by atoms with van der Waals surface area (Å²) in [6, 6.07) is 12.5. The Hall–Kier alpha value is -1.43. The maximum Gasteiger partial charge on any atom is 0.179 e. The van der Waals surface area contributed by atoms with Crippen LogP contribution in [0.2, 0.25) is 0 Å². The predicted molar refractivity (Wildman–Crippen MR) is 75.3 cm³/mol. The lowest BCUT2D eigenvalue weighted by Gasteiger charge is -2.09. The summed E-state index contributed by atoms with van der Waals surface area (Å²) in [5, 5.41) is 0. The molecule has 2 rings (SSSR count). The molecule has 0 aliphatic heterocycles. The van der Waals surface area contributed by atoms with Crippen LogP contribution in [0.4, 0.5) is 4.39 Å². The second kappa shape index (κ2) is 5.95. The van der Waals surface area contributed by atoms with Crippen molar-refractivity contribution in [1.82, 2.24) is 0 Å². The zero-order valence-corrected chi connectivity index (χ0v) is 11.6. The molecule has 2 nitrogen and oxygen atoms in total. The third-order valence-corrected chi connectivity index (χ3v) is 3.54. The van der Waals surface area contributed by atoms with E-state index in [9.17, 15) is 9.18 Å². The fourth-order valence-electron chi connectivity index (χ4n) is 1.48. The molecule has 0 fully saturated rings. The van der Waals surface area contributed by atoms with Crippen LogP contribution in [0.5, 0.6) is 5.75 Å². The zero-order chi connectivity index (χ0) is 13.0. The van der Waals surface area contributed by atoms with E-state index in [1.807, 2.05) is 30.3 Å². The van der Waals surface area contributed by atoms with E-state index in [1.54, 1.807) is 28.7 Å². The van der Waals surface area contributed by atoms with Crippen molar-refractivity contribution in [2.45, 2.75) is 6.61 Å². The monoisotopic (exact) mass is 356 g/mol. The van der Waals surface area contributed by atoms with Crippen molar-refractivity contribution in [2.24, 2.45) is 0 Å². The van der Waals surface area contributed by atoms with Gasteiger partial charge < -0.3 is 4.74 Å². The molecule has 0 amide bonds. The van der Waals surface area contributed by atoms with Gasteiger partial charge in [0.25, 0.3) is 0 Å². The highest BCUT2D eigenvalue weighted by Gasteiger charge is 2.11. The lowest BCUT2D eigenvalue weighted by Crippen LogP contribution is -2.00. The molecule has 0 unspecified atom stereocenters. The Bertz CT molecular complexity index is 555. The Balaban J connectivity index is 2.15. The molecule has 0 aliphatic carbocycles. The number of halogens is 2. The first kappa shape index (κ1) is 13.0. The summed E-state index contributed by atoms with van der Waals surface area (Å²) in [6.45, 7) is 0.300. The second-order valence-corrected chi connectivity index (χ2v) is 4.75. The van der Waals surface area contributed by atoms with Crippen molar-refractivity contribution in [3.8, 4) is 5.75 Å². The lowest BCUT2D eigenvalue weighted by atomic mass is 10.2. The Labute approximate surface area is 118 Å². The van der Waals surface area contributed by atoms with Gasteiger partial charge in [0.05, 0.1) is 3.57 Å². The van der Waals surface area contributed by atoms with E-state index >= 15 is 0 Å². The zero-order valence-electron chi connectivity index (χ0n) is 9.40. The van der Waals surface area contributed by atoms with Gasteiger partial charge in [0.1, 0.15) is 6.61 Å². The predicted octanol–water partition coefficient (Wildman–Crippen LogP) is 3.82. The maximum absolute atomic E-state index is 13.9. The molecule has 0 N–H and O–H groups in total. The third kappa shape index (κ3) is 2.87. The quantitative estimate of drug-likeness (QED) is 0.615. The normalized spacial score (nSPS) is 10.1. The average Bonchev–Trinajstić information content (AvgIpc) is 2.42. The van der Waals surface area contributed by atoms with Crippen LogP contribution in [0.1, 0.15) is 15.9 Å². The summed E-state index contributed by atoms with van der Waals surface area (Å²) in [5.74, 6) is -0.329. The Morgan fingerprint density at radius 1 is 1.17 bits per heavy atom. The van der Waals surface area contributed by atoms with Crippen molar-refractivity contribution < 1.29 is 13.9 Å². The van der Waals surface area contributed by atoms with Crippen molar-refractivity contribution in [2.75, 3.05) is 0 Å². The summed E-state index contributed by atoms with van der Waals surface area (Å²) >= 11 is 1.80. The van der Waals surface area contributed by atoms with E-state index in [2.05, 4.69) is 0 Å². The van der Waals surface area contributed by atoms with Crippen molar-refractivity contribution in [1.29, 1.82) is 0 Å². The number of rotatable bonds is 4. The summed E-state index contributed by atoms with van der Waals surface area (Å²) in [5.41, 5.74) is 1.30. The number of carbonyl (C=O) groups is 1. The second-order valence-electron chi connectivity index (χ2n) is 3.67. The van der Waals surface area contributed by atoms with E-state index in [4.69, 9.17) is 4.74 Å². The highest BCUT2D eigenvalue weighted by atomic mass is 127. The minimum Gasteiger partial charge on any atom is -0.486 e. The smallest absolute Gasteiger partial charge is 0.179 e. The first-order valence-electron chi connectivity index (χ1n) is 5.32. The molecule has 18 heavy (non-hydrogen) atoms. The van der Waals surface area contributed by atoms with E-state index in [0.717, 1.165) is 5.56 Å². The highest BCUT2D eigenvalue weighted by molar-refractivity contribution is 14.1. The fraction of sp³-hybridized carbons (Fsp3) is 0.0714. The first-order chi connectivity index (χ1) is 8.72. The van der Waals surface area contributed by atoms with Crippen LogP contribution in [0, 0.1) is 9.39 Å². The maximum atomic E-state index is 13.9. The van der Waals surface area contributed by atoms with Gasteiger partial charge >= 0.3 is 0 Å². The van der Waals surface area contributed by atoms with Crippen molar-refractivity contribution in [3.05, 3.63) is 63.0 Å². The molecule has 0 spiro atoms.